The van der Waals surface area contributed by atoms with E-state index in [0.717, 1.165) is 15.4 Å². The van der Waals surface area contributed by atoms with Crippen LogP contribution in [0.3, 0.4) is 0 Å². The van der Waals surface area contributed by atoms with Crippen LogP contribution >= 0.6 is 0 Å². The third kappa shape index (κ3) is 3.85. The summed E-state index contributed by atoms with van der Waals surface area (Å²) >= 11 is 0. The summed E-state index contributed by atoms with van der Waals surface area (Å²) in [5.41, 5.74) is 3.69. The molecule has 0 saturated carbocycles. The number of rotatable bonds is 4. The Morgan fingerprint density at radius 3 is 2.30 bits per heavy atom. The fourth-order valence-corrected chi connectivity index (χ4v) is 4.66. The molecule has 0 unspecified atom stereocenters. The van der Waals surface area contributed by atoms with E-state index in [0.29, 0.717) is 5.69 Å². The first-order valence-electron chi connectivity index (χ1n) is 8.23. The van der Waals surface area contributed by atoms with Crippen LogP contribution in [-0.4, -0.2) is 35.8 Å². The Hall–Kier alpha value is -2.75. The average molecular weight is 389 g/mol. The first-order chi connectivity index (χ1) is 12.8. The summed E-state index contributed by atoms with van der Waals surface area (Å²) in [6, 6.07) is 11.9. The molecule has 0 fully saturated rings. The smallest absolute Gasteiger partial charge is 0.262 e. The average Bonchev–Trinajstić information content (AvgIpc) is 2.66. The molecule has 8 nitrogen and oxygen atoms in total. The van der Waals surface area contributed by atoms with Crippen molar-refractivity contribution in [1.82, 2.24) is 9.79 Å². The molecule has 2 aromatic rings. The fraction of sp³-hybridized carbons (Fsp3) is 0.222. The van der Waals surface area contributed by atoms with E-state index in [1.54, 1.807) is 11.5 Å². The maximum Gasteiger partial charge on any atom is 0.262 e. The quantitative estimate of drug-likeness (QED) is 0.538. The highest BCUT2D eigenvalue weighted by atomic mass is 32.2. The van der Waals surface area contributed by atoms with Crippen LogP contribution in [-0.2, 0) is 32.6 Å². The number of anilines is 1. The van der Waals surface area contributed by atoms with Gasteiger partial charge in [-0.25, -0.2) is 13.9 Å². The van der Waals surface area contributed by atoms with Gasteiger partial charge in [-0.15, -0.1) is 0 Å². The van der Waals surface area contributed by atoms with Gasteiger partial charge in [-0.3, -0.25) is 14.8 Å². The normalized spacial score (nSPS) is 17.0. The summed E-state index contributed by atoms with van der Waals surface area (Å²) < 4.78 is 27.4. The molecule has 2 aromatic carbocycles. The minimum absolute atomic E-state index is 0.00766. The maximum absolute atomic E-state index is 13.1. The number of benzene rings is 2. The zero-order chi connectivity index (χ0) is 19.6. The third-order valence-corrected chi connectivity index (χ3v) is 6.27. The molecule has 0 aromatic heterocycles. The van der Waals surface area contributed by atoms with Crippen molar-refractivity contribution in [3.05, 3.63) is 59.7 Å². The molecule has 0 spiro atoms. The van der Waals surface area contributed by atoms with Gasteiger partial charge in [0.1, 0.15) is 6.04 Å². The predicted octanol–water partition coefficient (Wildman–Crippen LogP) is 1.27. The molecular formula is C18H19N3O5S. The number of hydrogen-bond donors (Lipinski definition) is 3. The van der Waals surface area contributed by atoms with Gasteiger partial charge in [0, 0.05) is 19.2 Å². The van der Waals surface area contributed by atoms with Gasteiger partial charge in [-0.2, -0.15) is 4.31 Å². The van der Waals surface area contributed by atoms with Gasteiger partial charge in [0.15, 0.2) is 0 Å². The molecule has 27 heavy (non-hydrogen) atoms. The van der Waals surface area contributed by atoms with Gasteiger partial charge in [-0.05, 0) is 41.8 Å². The molecule has 3 N–H and O–H groups in total. The SMILES string of the molecule is CC(=O)Nc1ccc(S(=O)(=O)N2Cc3ccccc3C[C@@H]2C(=O)NO)cc1. The van der Waals surface area contributed by atoms with Crippen molar-refractivity contribution >= 4 is 27.5 Å². The Bertz CT molecular complexity index is 973. The van der Waals surface area contributed by atoms with Crippen LogP contribution in [0.15, 0.2) is 53.4 Å². The number of carbonyl (C=O) groups excluding carboxylic acids is 2. The van der Waals surface area contributed by atoms with E-state index in [9.17, 15) is 18.0 Å². The number of fused-ring (bicyclic) bond motifs is 1. The van der Waals surface area contributed by atoms with Gasteiger partial charge in [0.2, 0.25) is 15.9 Å². The Morgan fingerprint density at radius 1 is 1.07 bits per heavy atom. The van der Waals surface area contributed by atoms with Crippen molar-refractivity contribution in [3.8, 4) is 0 Å². The van der Waals surface area contributed by atoms with E-state index in [1.807, 2.05) is 18.2 Å². The summed E-state index contributed by atoms with van der Waals surface area (Å²) in [6.45, 7) is 1.37. The highest BCUT2D eigenvalue weighted by Crippen LogP contribution is 2.29. The third-order valence-electron chi connectivity index (χ3n) is 4.40. The molecule has 1 heterocycles. The van der Waals surface area contributed by atoms with E-state index in [-0.39, 0.29) is 23.8 Å². The van der Waals surface area contributed by atoms with Crippen LogP contribution in [0, 0.1) is 0 Å². The Balaban J connectivity index is 1.97. The number of carbonyl (C=O) groups is 2. The van der Waals surface area contributed by atoms with Gasteiger partial charge in [0.25, 0.3) is 5.91 Å². The predicted molar refractivity (Wildman–Crippen MR) is 97.3 cm³/mol. The zero-order valence-corrected chi connectivity index (χ0v) is 15.4. The number of hydroxylamine groups is 1. The van der Waals surface area contributed by atoms with E-state index < -0.39 is 22.0 Å². The van der Waals surface area contributed by atoms with Crippen LogP contribution in [0.4, 0.5) is 5.69 Å². The first kappa shape index (κ1) is 19.0. The van der Waals surface area contributed by atoms with Crippen LogP contribution in [0.5, 0.6) is 0 Å². The van der Waals surface area contributed by atoms with Crippen LogP contribution < -0.4 is 10.8 Å². The van der Waals surface area contributed by atoms with Crippen LogP contribution in [0.1, 0.15) is 18.1 Å². The number of amides is 2. The van der Waals surface area contributed by atoms with Crippen LogP contribution in [0.2, 0.25) is 0 Å². The highest BCUT2D eigenvalue weighted by Gasteiger charge is 2.39. The van der Waals surface area contributed by atoms with Gasteiger partial charge >= 0.3 is 0 Å². The molecule has 3 rings (SSSR count). The molecule has 1 aliphatic heterocycles. The van der Waals surface area contributed by atoms with Crippen molar-refractivity contribution in [3.63, 3.8) is 0 Å². The molecule has 9 heteroatoms. The summed E-state index contributed by atoms with van der Waals surface area (Å²) in [7, 11) is -4.01. The van der Waals surface area contributed by atoms with Gasteiger partial charge in [-0.1, -0.05) is 24.3 Å². The number of sulfonamides is 1. The van der Waals surface area contributed by atoms with Crippen LogP contribution in [0.25, 0.3) is 0 Å². The summed E-state index contributed by atoms with van der Waals surface area (Å²) in [5, 5.41) is 11.6. The van der Waals surface area contributed by atoms with E-state index >= 15 is 0 Å². The minimum Gasteiger partial charge on any atom is -0.326 e. The standard InChI is InChI=1S/C18H19N3O5S/c1-12(22)19-15-6-8-16(9-7-15)27(25,26)21-11-14-5-3-2-4-13(14)10-17(21)18(23)20-24/h2-9,17,24H,10-11H2,1H3,(H,19,22)(H,20,23)/t17-/m1/s1. The molecule has 142 valence electrons. The van der Waals surface area contributed by atoms with Gasteiger partial charge in [0.05, 0.1) is 4.90 Å². The van der Waals surface area contributed by atoms with Crippen molar-refractivity contribution in [1.29, 1.82) is 0 Å². The lowest BCUT2D eigenvalue weighted by Crippen LogP contribution is -2.51. The van der Waals surface area contributed by atoms with Crippen molar-refractivity contribution in [2.75, 3.05) is 5.32 Å². The molecule has 0 saturated heterocycles. The van der Waals surface area contributed by atoms with Crippen molar-refractivity contribution in [2.24, 2.45) is 0 Å². The van der Waals surface area contributed by atoms with Crippen molar-refractivity contribution < 1.29 is 23.2 Å². The fourth-order valence-electron chi connectivity index (χ4n) is 3.10. The van der Waals surface area contributed by atoms with E-state index in [1.165, 1.54) is 31.2 Å². The zero-order valence-electron chi connectivity index (χ0n) is 14.5. The topological polar surface area (TPSA) is 116 Å². The molecule has 2 amide bonds. The summed E-state index contributed by atoms with van der Waals surface area (Å²) in [4.78, 5) is 23.2. The lowest BCUT2D eigenvalue weighted by molar-refractivity contribution is -0.133. The Labute approximate surface area is 156 Å². The number of nitrogens with zero attached hydrogens (tertiary/aromatic N) is 1. The van der Waals surface area contributed by atoms with E-state index in [4.69, 9.17) is 5.21 Å². The maximum atomic E-state index is 13.1. The minimum atomic E-state index is -4.01. The molecule has 0 radical (unpaired) electrons. The second-order valence-electron chi connectivity index (χ2n) is 6.22. The molecular weight excluding hydrogens is 370 g/mol. The number of nitrogens with one attached hydrogen (secondary N) is 2. The monoisotopic (exact) mass is 389 g/mol. The lowest BCUT2D eigenvalue weighted by Gasteiger charge is -2.34. The molecule has 1 atom stereocenters. The summed E-state index contributed by atoms with van der Waals surface area (Å²) in [6.07, 6.45) is 0.159. The molecule has 1 aliphatic rings. The number of hydrogen-bond acceptors (Lipinski definition) is 5. The van der Waals surface area contributed by atoms with Gasteiger partial charge < -0.3 is 5.32 Å². The second-order valence-corrected chi connectivity index (χ2v) is 8.11. The first-order valence-corrected chi connectivity index (χ1v) is 9.67. The molecule has 0 aliphatic carbocycles. The van der Waals surface area contributed by atoms with E-state index in [2.05, 4.69) is 5.32 Å². The Kier molecular flexibility index (Phi) is 5.26. The molecule has 0 bridgehead atoms. The lowest BCUT2D eigenvalue weighted by atomic mass is 9.95. The second kappa shape index (κ2) is 7.47. The Morgan fingerprint density at radius 2 is 1.70 bits per heavy atom. The van der Waals surface area contributed by atoms with Crippen molar-refractivity contribution in [2.45, 2.75) is 30.8 Å². The highest BCUT2D eigenvalue weighted by molar-refractivity contribution is 7.89. The largest absolute Gasteiger partial charge is 0.326 e. The summed E-state index contributed by atoms with van der Waals surface area (Å²) in [5.74, 6) is -1.05.